The van der Waals surface area contributed by atoms with Crippen LogP contribution >= 0.6 is 34.5 Å². The van der Waals surface area contributed by atoms with Gasteiger partial charge in [-0.3, -0.25) is 15.0 Å². The summed E-state index contributed by atoms with van der Waals surface area (Å²) >= 11 is 13.1. The second kappa shape index (κ2) is 5.97. The number of H-pyrrole nitrogens is 2. The SMILES string of the molecule is O=C(Nn1c(=O)[nH]c2cc(F)ccc2c1=O)c1cc2sc(Cl)c(Cl)c2[nH]1. The van der Waals surface area contributed by atoms with Gasteiger partial charge in [-0.2, -0.15) is 4.68 Å². The van der Waals surface area contributed by atoms with Crippen LogP contribution in [0.4, 0.5) is 4.39 Å². The number of nitrogens with one attached hydrogen (secondary N) is 3. The molecule has 4 rings (SSSR count). The predicted molar refractivity (Wildman–Crippen MR) is 98.7 cm³/mol. The lowest BCUT2D eigenvalue weighted by Crippen LogP contribution is -2.43. The van der Waals surface area contributed by atoms with E-state index >= 15 is 0 Å². The number of rotatable bonds is 2. The molecule has 132 valence electrons. The van der Waals surface area contributed by atoms with Crippen molar-refractivity contribution in [1.29, 1.82) is 0 Å². The normalized spacial score (nSPS) is 11.3. The molecular weight excluding hydrogens is 406 g/mol. The minimum Gasteiger partial charge on any atom is -0.348 e. The van der Waals surface area contributed by atoms with E-state index in [0.29, 0.717) is 19.2 Å². The van der Waals surface area contributed by atoms with E-state index in [1.807, 2.05) is 0 Å². The molecule has 0 atom stereocenters. The Labute approximate surface area is 156 Å². The first-order valence-corrected chi connectivity index (χ1v) is 8.65. The zero-order valence-corrected chi connectivity index (χ0v) is 14.9. The van der Waals surface area contributed by atoms with Crippen LogP contribution in [0.1, 0.15) is 10.5 Å². The summed E-state index contributed by atoms with van der Waals surface area (Å²) < 4.78 is 14.8. The van der Waals surface area contributed by atoms with Gasteiger partial charge in [0.05, 0.1) is 26.1 Å². The van der Waals surface area contributed by atoms with Gasteiger partial charge in [0, 0.05) is 0 Å². The fourth-order valence-electron chi connectivity index (χ4n) is 2.49. The van der Waals surface area contributed by atoms with Crippen molar-refractivity contribution in [2.45, 2.75) is 0 Å². The lowest BCUT2D eigenvalue weighted by Gasteiger charge is -2.07. The monoisotopic (exact) mass is 412 g/mol. The van der Waals surface area contributed by atoms with Crippen molar-refractivity contribution >= 4 is 61.6 Å². The van der Waals surface area contributed by atoms with Gasteiger partial charge >= 0.3 is 5.69 Å². The van der Waals surface area contributed by atoms with Gasteiger partial charge in [0.1, 0.15) is 15.8 Å². The molecule has 26 heavy (non-hydrogen) atoms. The van der Waals surface area contributed by atoms with Gasteiger partial charge in [0.25, 0.3) is 11.5 Å². The number of hydrogen-bond acceptors (Lipinski definition) is 4. The molecule has 0 radical (unpaired) electrons. The number of amides is 1. The third kappa shape index (κ3) is 2.61. The maximum atomic E-state index is 13.2. The topological polar surface area (TPSA) is 99.8 Å². The third-order valence-corrected chi connectivity index (χ3v) is 5.62. The van der Waals surface area contributed by atoms with Crippen molar-refractivity contribution in [3.8, 4) is 0 Å². The molecule has 0 saturated carbocycles. The summed E-state index contributed by atoms with van der Waals surface area (Å²) in [6.45, 7) is 0. The number of benzene rings is 1. The summed E-state index contributed by atoms with van der Waals surface area (Å²) in [5, 5.41) is 0.335. The first-order valence-electron chi connectivity index (χ1n) is 7.07. The van der Waals surface area contributed by atoms with Crippen LogP contribution < -0.4 is 16.7 Å². The highest BCUT2D eigenvalue weighted by Crippen LogP contribution is 2.38. The second-order valence-electron chi connectivity index (χ2n) is 5.31. The lowest BCUT2D eigenvalue weighted by molar-refractivity contribution is 0.100. The minimum absolute atomic E-state index is 0.0345. The van der Waals surface area contributed by atoms with Crippen LogP contribution in [0.15, 0.2) is 33.9 Å². The highest BCUT2D eigenvalue weighted by molar-refractivity contribution is 7.23. The molecule has 1 aromatic carbocycles. The number of thiophene rings is 1. The fourth-order valence-corrected chi connectivity index (χ4v) is 3.98. The van der Waals surface area contributed by atoms with E-state index in [2.05, 4.69) is 15.4 Å². The van der Waals surface area contributed by atoms with E-state index < -0.39 is 23.0 Å². The van der Waals surface area contributed by atoms with Crippen molar-refractivity contribution in [2.24, 2.45) is 0 Å². The summed E-state index contributed by atoms with van der Waals surface area (Å²) in [4.78, 5) is 42.0. The summed E-state index contributed by atoms with van der Waals surface area (Å²) in [5.74, 6) is -1.33. The van der Waals surface area contributed by atoms with Gasteiger partial charge in [0.2, 0.25) is 0 Å². The van der Waals surface area contributed by atoms with Crippen molar-refractivity contribution < 1.29 is 9.18 Å². The van der Waals surface area contributed by atoms with Crippen molar-refractivity contribution in [2.75, 3.05) is 5.43 Å². The Morgan fingerprint density at radius 1 is 1.19 bits per heavy atom. The van der Waals surface area contributed by atoms with Crippen LogP contribution in [0.25, 0.3) is 21.1 Å². The molecule has 0 bridgehead atoms. The Hall–Kier alpha value is -2.62. The summed E-state index contributed by atoms with van der Waals surface area (Å²) in [6, 6.07) is 4.83. The Bertz CT molecular complexity index is 1320. The molecule has 0 saturated heterocycles. The lowest BCUT2D eigenvalue weighted by atomic mass is 10.2. The second-order valence-corrected chi connectivity index (χ2v) is 7.35. The van der Waals surface area contributed by atoms with Crippen molar-refractivity contribution in [1.82, 2.24) is 14.6 Å². The average molecular weight is 413 g/mol. The molecule has 0 spiro atoms. The number of halogens is 3. The van der Waals surface area contributed by atoms with Crippen LogP contribution in [0.5, 0.6) is 0 Å². The molecule has 3 aromatic heterocycles. The van der Waals surface area contributed by atoms with E-state index in [-0.39, 0.29) is 21.6 Å². The molecule has 1 amide bonds. The molecule has 4 aromatic rings. The Morgan fingerprint density at radius 2 is 1.96 bits per heavy atom. The molecule has 3 heterocycles. The van der Waals surface area contributed by atoms with Gasteiger partial charge in [-0.05, 0) is 24.3 Å². The molecular formula is C15H7Cl2FN4O3S. The van der Waals surface area contributed by atoms with Gasteiger partial charge in [-0.15, -0.1) is 11.3 Å². The van der Waals surface area contributed by atoms with Crippen molar-refractivity contribution in [3.63, 3.8) is 0 Å². The largest absolute Gasteiger partial charge is 0.348 e. The number of aromatic nitrogens is 3. The molecule has 7 nitrogen and oxygen atoms in total. The van der Waals surface area contributed by atoms with Crippen LogP contribution in [-0.2, 0) is 0 Å². The quantitative estimate of drug-likeness (QED) is 0.471. The predicted octanol–water partition coefficient (Wildman–Crippen LogP) is 3.06. The van der Waals surface area contributed by atoms with Crippen LogP contribution in [-0.4, -0.2) is 20.6 Å². The number of carbonyl (C=O) groups excluding carboxylic acids is 1. The molecule has 0 unspecified atom stereocenters. The Balaban J connectivity index is 1.76. The van der Waals surface area contributed by atoms with Gasteiger partial charge < -0.3 is 9.97 Å². The smallest absolute Gasteiger partial charge is 0.348 e. The number of hydrogen-bond donors (Lipinski definition) is 3. The van der Waals surface area contributed by atoms with Gasteiger partial charge in [-0.25, -0.2) is 9.18 Å². The van der Waals surface area contributed by atoms with Gasteiger partial charge in [0.15, 0.2) is 0 Å². The number of fused-ring (bicyclic) bond motifs is 2. The van der Waals surface area contributed by atoms with E-state index in [0.717, 1.165) is 12.1 Å². The summed E-state index contributed by atoms with van der Waals surface area (Å²) in [5.41, 5.74) is 1.13. The van der Waals surface area contributed by atoms with Crippen LogP contribution in [0.2, 0.25) is 9.36 Å². The molecule has 11 heteroatoms. The number of carbonyl (C=O) groups is 1. The zero-order chi connectivity index (χ0) is 18.6. The van der Waals surface area contributed by atoms with Crippen molar-refractivity contribution in [3.05, 3.63) is 66.0 Å². The molecule has 0 fully saturated rings. The molecule has 0 aliphatic carbocycles. The maximum Gasteiger partial charge on any atom is 0.348 e. The number of aromatic amines is 2. The van der Waals surface area contributed by atoms with Gasteiger partial charge in [-0.1, -0.05) is 23.2 Å². The first-order chi connectivity index (χ1) is 12.3. The minimum atomic E-state index is -0.907. The molecule has 0 aliphatic heterocycles. The number of nitrogens with zero attached hydrogens (tertiary/aromatic N) is 1. The Kier molecular flexibility index (Phi) is 3.87. The maximum absolute atomic E-state index is 13.2. The Morgan fingerprint density at radius 3 is 2.69 bits per heavy atom. The van der Waals surface area contributed by atoms with Crippen LogP contribution in [0, 0.1) is 5.82 Å². The average Bonchev–Trinajstić information content (AvgIpc) is 3.11. The highest BCUT2D eigenvalue weighted by Gasteiger charge is 2.17. The highest BCUT2D eigenvalue weighted by atomic mass is 35.5. The van der Waals surface area contributed by atoms with E-state index in [1.165, 1.54) is 23.5 Å². The zero-order valence-electron chi connectivity index (χ0n) is 12.5. The molecule has 0 aliphatic rings. The van der Waals surface area contributed by atoms with Crippen LogP contribution in [0.3, 0.4) is 0 Å². The van der Waals surface area contributed by atoms with E-state index in [1.54, 1.807) is 0 Å². The van der Waals surface area contributed by atoms with E-state index in [9.17, 15) is 18.8 Å². The summed E-state index contributed by atoms with van der Waals surface area (Å²) in [7, 11) is 0. The third-order valence-electron chi connectivity index (χ3n) is 3.69. The fraction of sp³-hybridized carbons (Fsp3) is 0. The molecule has 3 N–H and O–H groups in total. The first kappa shape index (κ1) is 16.8. The standard InChI is InChI=1S/C15H7Cl2FN4O3S/c16-10-11-9(26-12(10)17)4-8(19-11)13(23)21-22-14(24)6-2-1-5(18)3-7(6)20-15(22)25/h1-4,19H,(H,20,25)(H,21,23). The van der Waals surface area contributed by atoms with E-state index in [4.69, 9.17) is 23.2 Å². The summed E-state index contributed by atoms with van der Waals surface area (Å²) in [6.07, 6.45) is 0.